The lowest BCUT2D eigenvalue weighted by Gasteiger charge is -2.33. The Morgan fingerprint density at radius 3 is 2.82 bits per heavy atom. The third kappa shape index (κ3) is 3.50. The number of ether oxygens (including phenoxy) is 1. The van der Waals surface area contributed by atoms with Crippen LogP contribution in [0, 0.1) is 5.92 Å². The molecular formula is C16H17BrN2O2S. The molecule has 6 heteroatoms. The third-order valence-corrected chi connectivity index (χ3v) is 5.03. The fourth-order valence-electron chi connectivity index (χ4n) is 2.46. The van der Waals surface area contributed by atoms with Crippen molar-refractivity contribution in [1.82, 2.24) is 4.98 Å². The zero-order chi connectivity index (χ0) is 15.5. The molecule has 0 aliphatic heterocycles. The summed E-state index contributed by atoms with van der Waals surface area (Å²) in [4.78, 5) is 16.2. The van der Waals surface area contributed by atoms with Gasteiger partial charge in [0.2, 0.25) is 0 Å². The van der Waals surface area contributed by atoms with Crippen molar-refractivity contribution in [3.63, 3.8) is 0 Å². The predicted molar refractivity (Wildman–Crippen MR) is 92.0 cm³/mol. The van der Waals surface area contributed by atoms with Gasteiger partial charge in [-0.2, -0.15) is 0 Å². The van der Waals surface area contributed by atoms with Crippen molar-refractivity contribution < 1.29 is 9.53 Å². The summed E-state index contributed by atoms with van der Waals surface area (Å²) in [5, 5.41) is 6.35. The summed E-state index contributed by atoms with van der Waals surface area (Å²) in [5.41, 5.74) is 2.08. The van der Waals surface area contributed by atoms with Crippen LogP contribution in [0.3, 0.4) is 0 Å². The molecule has 0 radical (unpaired) electrons. The van der Waals surface area contributed by atoms with E-state index in [1.54, 1.807) is 11.3 Å². The fourth-order valence-corrected chi connectivity index (χ4v) is 3.52. The number of aromatic nitrogens is 1. The van der Waals surface area contributed by atoms with Crippen LogP contribution in [-0.4, -0.2) is 23.6 Å². The molecule has 0 amide bonds. The van der Waals surface area contributed by atoms with E-state index in [0.29, 0.717) is 12.6 Å². The van der Waals surface area contributed by atoms with Crippen LogP contribution in [0.15, 0.2) is 34.1 Å². The minimum absolute atomic E-state index is 0.0448. The van der Waals surface area contributed by atoms with E-state index in [9.17, 15) is 4.79 Å². The quantitative estimate of drug-likeness (QED) is 0.784. The molecule has 22 heavy (non-hydrogen) atoms. The number of halogens is 1. The monoisotopic (exact) mass is 380 g/mol. The number of carbonyl (C=O) groups is 1. The molecule has 0 spiro atoms. The van der Waals surface area contributed by atoms with Crippen molar-refractivity contribution in [2.45, 2.75) is 25.8 Å². The number of benzene rings is 1. The zero-order valence-electron chi connectivity index (χ0n) is 12.2. The van der Waals surface area contributed by atoms with Gasteiger partial charge in [-0.1, -0.05) is 28.1 Å². The van der Waals surface area contributed by atoms with Crippen molar-refractivity contribution in [1.29, 1.82) is 0 Å². The van der Waals surface area contributed by atoms with Gasteiger partial charge in [0.05, 0.1) is 18.2 Å². The van der Waals surface area contributed by atoms with Crippen molar-refractivity contribution in [2.75, 3.05) is 11.9 Å². The maximum absolute atomic E-state index is 11.6. The SMILES string of the molecule is CCOC(=O)C1CC(Nc2nc(-c3ccc(Br)cc3)cs2)C1. The van der Waals surface area contributed by atoms with Gasteiger partial charge >= 0.3 is 5.97 Å². The molecule has 0 atom stereocenters. The minimum atomic E-state index is -0.0739. The Labute approximate surface area is 142 Å². The number of carbonyl (C=O) groups excluding carboxylic acids is 1. The second kappa shape index (κ2) is 6.79. The van der Waals surface area contributed by atoms with Gasteiger partial charge < -0.3 is 10.1 Å². The molecule has 0 saturated heterocycles. The Morgan fingerprint density at radius 1 is 1.41 bits per heavy atom. The van der Waals surface area contributed by atoms with Gasteiger partial charge in [0.15, 0.2) is 5.13 Å². The second-order valence-electron chi connectivity index (χ2n) is 5.31. The molecule has 1 aromatic carbocycles. The molecule has 1 N–H and O–H groups in total. The highest BCUT2D eigenvalue weighted by Gasteiger charge is 2.35. The van der Waals surface area contributed by atoms with Crippen LogP contribution in [-0.2, 0) is 9.53 Å². The highest BCUT2D eigenvalue weighted by Crippen LogP contribution is 2.33. The lowest BCUT2D eigenvalue weighted by atomic mass is 9.80. The van der Waals surface area contributed by atoms with Crippen LogP contribution in [0.2, 0.25) is 0 Å². The third-order valence-electron chi connectivity index (χ3n) is 3.73. The van der Waals surface area contributed by atoms with E-state index in [4.69, 9.17) is 4.74 Å². The predicted octanol–water partition coefficient (Wildman–Crippen LogP) is 4.33. The maximum Gasteiger partial charge on any atom is 0.309 e. The summed E-state index contributed by atoms with van der Waals surface area (Å²) in [6.07, 6.45) is 1.65. The topological polar surface area (TPSA) is 51.2 Å². The van der Waals surface area contributed by atoms with Gasteiger partial charge in [0, 0.05) is 21.5 Å². The molecule has 116 valence electrons. The van der Waals surface area contributed by atoms with E-state index in [2.05, 4.69) is 26.2 Å². The van der Waals surface area contributed by atoms with Gasteiger partial charge in [-0.3, -0.25) is 4.79 Å². The van der Waals surface area contributed by atoms with E-state index < -0.39 is 0 Å². The summed E-state index contributed by atoms with van der Waals surface area (Å²) in [6.45, 7) is 2.29. The average Bonchev–Trinajstić information content (AvgIpc) is 2.92. The lowest BCUT2D eigenvalue weighted by Crippen LogP contribution is -2.40. The van der Waals surface area contributed by atoms with Gasteiger partial charge in [-0.05, 0) is 31.9 Å². The summed E-state index contributed by atoms with van der Waals surface area (Å²) in [5.74, 6) is -0.0291. The van der Waals surface area contributed by atoms with Crippen molar-refractivity contribution in [3.05, 3.63) is 34.1 Å². The van der Waals surface area contributed by atoms with Crippen LogP contribution in [0.5, 0.6) is 0 Å². The zero-order valence-corrected chi connectivity index (χ0v) is 14.6. The average molecular weight is 381 g/mol. The van der Waals surface area contributed by atoms with Crippen molar-refractivity contribution in [2.24, 2.45) is 5.92 Å². The summed E-state index contributed by atoms with van der Waals surface area (Å²) in [7, 11) is 0. The van der Waals surface area contributed by atoms with Crippen LogP contribution in [0.25, 0.3) is 11.3 Å². The highest BCUT2D eigenvalue weighted by molar-refractivity contribution is 9.10. The number of esters is 1. The Kier molecular flexibility index (Phi) is 4.78. The van der Waals surface area contributed by atoms with Crippen LogP contribution in [0.1, 0.15) is 19.8 Å². The number of hydrogen-bond acceptors (Lipinski definition) is 5. The number of thiazole rings is 1. The molecule has 1 aromatic heterocycles. The van der Waals surface area contributed by atoms with E-state index in [1.165, 1.54) is 0 Å². The minimum Gasteiger partial charge on any atom is -0.466 e. The number of nitrogens with zero attached hydrogens (tertiary/aromatic N) is 1. The van der Waals surface area contributed by atoms with Crippen LogP contribution in [0.4, 0.5) is 5.13 Å². The Hall–Kier alpha value is -1.40. The molecule has 1 heterocycles. The summed E-state index contributed by atoms with van der Waals surface area (Å²) in [6, 6.07) is 8.43. The first-order chi connectivity index (χ1) is 10.7. The molecule has 0 unspecified atom stereocenters. The largest absolute Gasteiger partial charge is 0.466 e. The first kappa shape index (κ1) is 15.5. The number of hydrogen-bond donors (Lipinski definition) is 1. The Morgan fingerprint density at radius 2 is 2.14 bits per heavy atom. The molecule has 1 saturated carbocycles. The van der Waals surface area contributed by atoms with Crippen molar-refractivity contribution in [3.8, 4) is 11.3 Å². The summed E-state index contributed by atoms with van der Waals surface area (Å²) >= 11 is 5.03. The fraction of sp³-hybridized carbons (Fsp3) is 0.375. The first-order valence-corrected chi connectivity index (χ1v) is 8.97. The normalized spacial score (nSPS) is 20.3. The molecule has 4 nitrogen and oxygen atoms in total. The van der Waals surface area contributed by atoms with Gasteiger partial charge in [-0.15, -0.1) is 11.3 Å². The first-order valence-electron chi connectivity index (χ1n) is 7.30. The van der Waals surface area contributed by atoms with Crippen LogP contribution < -0.4 is 5.32 Å². The van der Waals surface area contributed by atoms with E-state index in [-0.39, 0.29) is 11.9 Å². The molecule has 1 aliphatic carbocycles. The molecule has 1 fully saturated rings. The maximum atomic E-state index is 11.6. The molecule has 3 rings (SSSR count). The van der Waals surface area contributed by atoms with Gasteiger partial charge in [-0.25, -0.2) is 4.98 Å². The standard InChI is InChI=1S/C16H17BrN2O2S/c1-2-21-15(20)11-7-13(8-11)18-16-19-14(9-22-16)10-3-5-12(17)6-4-10/h3-6,9,11,13H,2,7-8H2,1H3,(H,18,19). The van der Waals surface area contributed by atoms with E-state index in [0.717, 1.165) is 33.7 Å². The van der Waals surface area contributed by atoms with E-state index >= 15 is 0 Å². The van der Waals surface area contributed by atoms with Crippen molar-refractivity contribution >= 4 is 38.4 Å². The Balaban J connectivity index is 1.55. The number of rotatable bonds is 5. The number of nitrogens with one attached hydrogen (secondary N) is 1. The Bertz CT molecular complexity index is 650. The lowest BCUT2D eigenvalue weighted by molar-refractivity contribution is -0.151. The van der Waals surface area contributed by atoms with Gasteiger partial charge in [0.25, 0.3) is 0 Å². The van der Waals surface area contributed by atoms with Gasteiger partial charge in [0.1, 0.15) is 0 Å². The second-order valence-corrected chi connectivity index (χ2v) is 7.08. The smallest absolute Gasteiger partial charge is 0.309 e. The molecule has 1 aliphatic rings. The molecule has 2 aromatic rings. The highest BCUT2D eigenvalue weighted by atomic mass is 79.9. The van der Waals surface area contributed by atoms with Crippen LogP contribution >= 0.6 is 27.3 Å². The molecule has 0 bridgehead atoms. The summed E-state index contributed by atoms with van der Waals surface area (Å²) < 4.78 is 6.09. The number of anilines is 1. The molecular weight excluding hydrogens is 364 g/mol. The van der Waals surface area contributed by atoms with E-state index in [1.807, 2.05) is 36.6 Å².